The number of amides is 3. The van der Waals surface area contributed by atoms with Gasteiger partial charge < -0.3 is 30.3 Å². The number of piperazine rings is 1. The first-order valence-electron chi connectivity index (χ1n) is 20.7. The highest BCUT2D eigenvalue weighted by Crippen LogP contribution is 2.36. The Morgan fingerprint density at radius 1 is 1.05 bits per heavy atom. The normalized spacial score (nSPS) is 19.2. The first-order valence-corrected chi connectivity index (χ1v) is 21.1. The maximum absolute atomic E-state index is 13.2. The van der Waals surface area contributed by atoms with Crippen molar-refractivity contribution < 1.29 is 24.2 Å². The topological polar surface area (TPSA) is 205 Å². The quantitative estimate of drug-likeness (QED) is 0.133. The number of para-hydroxylation sites is 1. The maximum atomic E-state index is 13.2. The Morgan fingerprint density at radius 2 is 1.85 bits per heavy atom. The Morgan fingerprint density at radius 3 is 2.59 bits per heavy atom. The van der Waals surface area contributed by atoms with Crippen molar-refractivity contribution in [1.82, 2.24) is 44.8 Å². The van der Waals surface area contributed by atoms with Crippen molar-refractivity contribution in [2.24, 2.45) is 13.0 Å². The summed E-state index contributed by atoms with van der Waals surface area (Å²) in [5.41, 5.74) is 3.46. The Kier molecular flexibility index (Phi) is 12.1. The van der Waals surface area contributed by atoms with Crippen molar-refractivity contribution in [2.45, 2.75) is 57.5 Å². The zero-order valence-corrected chi connectivity index (χ0v) is 35.5. The van der Waals surface area contributed by atoms with Gasteiger partial charge in [-0.05, 0) is 57.2 Å². The van der Waals surface area contributed by atoms with Gasteiger partial charge in [0.25, 0.3) is 11.5 Å². The molecular formula is C42H51ClN12O6. The molecule has 2 atom stereocenters. The molecule has 4 aromatic heterocycles. The molecule has 0 radical (unpaired) electrons. The SMILES string of the molecule is CNC(=O)COc1cc2cc(Nc3nc(N4CCN(CC5CCN(c6cccc7c(C8CCC(=O)NC8=O)nn(C)c67)CC5)C(CO)C4)ncc3Cl)cnc2n(C(C)C)c1=O. The number of aryl methyl sites for hydroxylation is 1. The standard InChI is InChI=1S/C42H51ClN12O6/c1-24(2)55-39-26(17-33(41(55)60)61-23-35(58)44-3)16-27(18-45-39)47-38-31(43)19-46-42(49-38)54-15-14-53(28(21-54)22-56)20-25-10-12-52(13-11-25)32-7-5-6-29-36(50-51(4)37(29)32)30-8-9-34(57)48-40(30)59/h5-7,16-19,24-25,28,30,56H,8-15,20-23H2,1-4H3,(H,44,58)(H,46,47,49)(H,48,57,59). The Balaban J connectivity index is 0.909. The second-order valence-corrected chi connectivity index (χ2v) is 16.7. The molecule has 0 bridgehead atoms. The monoisotopic (exact) mass is 854 g/mol. The molecule has 0 aliphatic carbocycles. The first-order chi connectivity index (χ1) is 29.4. The van der Waals surface area contributed by atoms with Gasteiger partial charge >= 0.3 is 0 Å². The van der Waals surface area contributed by atoms with E-state index in [0.717, 1.165) is 55.6 Å². The highest BCUT2D eigenvalue weighted by molar-refractivity contribution is 6.33. The molecule has 2 unspecified atom stereocenters. The number of aliphatic hydroxyl groups is 1. The molecule has 0 spiro atoms. The molecule has 7 heterocycles. The number of halogens is 1. The number of piperidine rings is 2. The fourth-order valence-corrected chi connectivity index (χ4v) is 8.93. The number of imide groups is 1. The Bertz CT molecular complexity index is 2540. The van der Waals surface area contributed by atoms with Crippen molar-refractivity contribution in [3.05, 3.63) is 63.8 Å². The lowest BCUT2D eigenvalue weighted by molar-refractivity contribution is -0.134. The predicted molar refractivity (Wildman–Crippen MR) is 232 cm³/mol. The van der Waals surface area contributed by atoms with Crippen LogP contribution in [0.1, 0.15) is 57.2 Å². The van der Waals surface area contributed by atoms with Gasteiger partial charge in [0.15, 0.2) is 18.2 Å². The number of pyridine rings is 2. The minimum atomic E-state index is -0.450. The number of carbonyl (C=O) groups excluding carboxylic acids is 3. The van der Waals surface area contributed by atoms with Crippen LogP contribution < -0.4 is 36.0 Å². The van der Waals surface area contributed by atoms with Gasteiger partial charge in [-0.3, -0.25) is 38.6 Å². The molecule has 3 saturated heterocycles. The summed E-state index contributed by atoms with van der Waals surface area (Å²) in [6, 6.07) is 9.21. The number of fused-ring (bicyclic) bond motifs is 2. The molecule has 5 aromatic rings. The van der Waals surface area contributed by atoms with Gasteiger partial charge in [-0.1, -0.05) is 23.7 Å². The molecule has 322 valence electrons. The first kappa shape index (κ1) is 41.9. The van der Waals surface area contributed by atoms with Crippen LogP contribution in [0.15, 0.2) is 47.5 Å². The summed E-state index contributed by atoms with van der Waals surface area (Å²) in [6.45, 7) is 7.99. The molecule has 3 amide bonds. The molecule has 3 aliphatic rings. The molecular weight excluding hydrogens is 804 g/mol. The number of hydrogen-bond acceptors (Lipinski definition) is 14. The van der Waals surface area contributed by atoms with E-state index in [-0.39, 0.29) is 54.3 Å². The lowest BCUT2D eigenvalue weighted by Gasteiger charge is -2.43. The van der Waals surface area contributed by atoms with E-state index in [1.54, 1.807) is 18.5 Å². The van der Waals surface area contributed by atoms with Crippen LogP contribution in [0.2, 0.25) is 5.02 Å². The van der Waals surface area contributed by atoms with Crippen LogP contribution in [-0.2, 0) is 21.4 Å². The number of nitrogens with zero attached hydrogens (tertiary/aromatic N) is 9. The van der Waals surface area contributed by atoms with Crippen molar-refractivity contribution >= 4 is 74.4 Å². The van der Waals surface area contributed by atoms with Crippen LogP contribution >= 0.6 is 11.6 Å². The molecule has 19 heteroatoms. The second-order valence-electron chi connectivity index (χ2n) is 16.3. The van der Waals surface area contributed by atoms with E-state index in [9.17, 15) is 24.3 Å². The van der Waals surface area contributed by atoms with Gasteiger partial charge in [0.05, 0.1) is 53.5 Å². The minimum Gasteiger partial charge on any atom is -0.478 e. The predicted octanol–water partition coefficient (Wildman–Crippen LogP) is 3.10. The number of likely N-dealkylation sites (N-methyl/N-ethyl adjacent to an activating group) is 1. The van der Waals surface area contributed by atoms with Gasteiger partial charge in [-0.2, -0.15) is 10.1 Å². The molecule has 18 nitrogen and oxygen atoms in total. The lowest BCUT2D eigenvalue weighted by atomic mass is 9.92. The van der Waals surface area contributed by atoms with Gasteiger partial charge in [-0.15, -0.1) is 0 Å². The average molecular weight is 855 g/mol. The number of carbonyl (C=O) groups is 3. The zero-order chi connectivity index (χ0) is 42.9. The number of benzene rings is 1. The van der Waals surface area contributed by atoms with Crippen molar-refractivity contribution in [1.29, 1.82) is 0 Å². The number of nitrogens with one attached hydrogen (secondary N) is 3. The summed E-state index contributed by atoms with van der Waals surface area (Å²) in [5.74, 6) is 0.0216. The number of ether oxygens (including phenoxy) is 1. The summed E-state index contributed by atoms with van der Waals surface area (Å²) >= 11 is 6.61. The van der Waals surface area contributed by atoms with E-state index in [0.29, 0.717) is 71.1 Å². The van der Waals surface area contributed by atoms with Gasteiger partial charge in [-0.25, -0.2) is 9.97 Å². The number of aromatic nitrogens is 6. The summed E-state index contributed by atoms with van der Waals surface area (Å²) in [5, 5.41) is 25.5. The summed E-state index contributed by atoms with van der Waals surface area (Å²) in [6.07, 6.45) is 5.90. The van der Waals surface area contributed by atoms with Crippen LogP contribution in [0.5, 0.6) is 5.75 Å². The molecule has 8 rings (SSSR count). The molecule has 1 aromatic carbocycles. The molecule has 4 N–H and O–H groups in total. The second kappa shape index (κ2) is 17.6. The van der Waals surface area contributed by atoms with Gasteiger partial charge in [0.2, 0.25) is 17.8 Å². The van der Waals surface area contributed by atoms with Crippen LogP contribution in [0.3, 0.4) is 0 Å². The van der Waals surface area contributed by atoms with Crippen molar-refractivity contribution in [3.8, 4) is 5.75 Å². The number of aliphatic hydroxyl groups excluding tert-OH is 1. The van der Waals surface area contributed by atoms with Crippen LogP contribution in [0, 0.1) is 5.92 Å². The third-order valence-electron chi connectivity index (χ3n) is 12.0. The maximum Gasteiger partial charge on any atom is 0.294 e. The Labute approximate surface area is 357 Å². The largest absolute Gasteiger partial charge is 0.478 e. The van der Waals surface area contributed by atoms with Crippen LogP contribution in [-0.4, -0.2) is 123 Å². The highest BCUT2D eigenvalue weighted by atomic mass is 35.5. The molecule has 0 saturated carbocycles. The summed E-state index contributed by atoms with van der Waals surface area (Å²) in [4.78, 5) is 70.4. The highest BCUT2D eigenvalue weighted by Gasteiger charge is 2.34. The molecule has 61 heavy (non-hydrogen) atoms. The van der Waals surface area contributed by atoms with E-state index >= 15 is 0 Å². The average Bonchev–Trinajstić information content (AvgIpc) is 3.59. The molecule has 3 aliphatic heterocycles. The minimum absolute atomic E-state index is 0.00886. The smallest absolute Gasteiger partial charge is 0.294 e. The summed E-state index contributed by atoms with van der Waals surface area (Å²) in [7, 11) is 3.41. The number of rotatable bonds is 12. The van der Waals surface area contributed by atoms with Gasteiger partial charge in [0.1, 0.15) is 10.7 Å². The van der Waals surface area contributed by atoms with Crippen LogP contribution in [0.4, 0.5) is 23.1 Å². The van der Waals surface area contributed by atoms with E-state index in [4.69, 9.17) is 26.4 Å². The third-order valence-corrected chi connectivity index (χ3v) is 12.3. The fraction of sp³-hybridized carbons (Fsp3) is 0.476. The van der Waals surface area contributed by atoms with E-state index < -0.39 is 5.92 Å². The number of anilines is 4. The lowest BCUT2D eigenvalue weighted by Crippen LogP contribution is -2.56. The van der Waals surface area contributed by atoms with Crippen LogP contribution in [0.25, 0.3) is 21.9 Å². The third kappa shape index (κ3) is 8.56. The van der Waals surface area contributed by atoms with E-state index in [1.165, 1.54) is 11.6 Å². The van der Waals surface area contributed by atoms with Crippen molar-refractivity contribution in [2.75, 3.05) is 74.6 Å². The van der Waals surface area contributed by atoms with Crippen molar-refractivity contribution in [3.63, 3.8) is 0 Å². The van der Waals surface area contributed by atoms with E-state index in [1.807, 2.05) is 43.8 Å². The zero-order valence-electron chi connectivity index (χ0n) is 34.7. The van der Waals surface area contributed by atoms with E-state index in [2.05, 4.69) is 46.7 Å². The number of hydrogen-bond donors (Lipinski definition) is 4. The molecule has 3 fully saturated rings. The fourth-order valence-electron chi connectivity index (χ4n) is 8.79. The Hall–Kier alpha value is -5.85. The van der Waals surface area contributed by atoms with Gasteiger partial charge in [0, 0.05) is 76.6 Å². The summed E-state index contributed by atoms with van der Waals surface area (Å²) < 4.78 is 8.98.